The van der Waals surface area contributed by atoms with Crippen LogP contribution in [0.4, 0.5) is 0 Å². The fourth-order valence-corrected chi connectivity index (χ4v) is 10.9. The normalized spacial score (nSPS) is 50.7. The maximum Gasteiger partial charge on any atom is 0.303 e. The second kappa shape index (κ2) is 9.20. The summed E-state index contributed by atoms with van der Waals surface area (Å²) in [7, 11) is 2.44. The number of aliphatic hydroxyl groups excluding tert-OH is 1. The van der Waals surface area contributed by atoms with E-state index in [0.29, 0.717) is 23.3 Å². The number of carbonyl (C=O) groups excluding carboxylic acids is 1. The Labute approximate surface area is 218 Å². The summed E-state index contributed by atoms with van der Waals surface area (Å²) < 4.78 is 13.0. The SMILES string of the molecule is CC(=O)O[C@H]1[C@@H]([N+]2(C)CCCC2)C[C@H]2[C@@H]3CC[C@H]4C[C@H](O)[C@@H](N5CCOCC5)C[C@]4(C)[C@H]3CC[C@@]21C. The van der Waals surface area contributed by atoms with E-state index in [1.807, 2.05) is 0 Å². The topological polar surface area (TPSA) is 59.0 Å². The Morgan fingerprint density at radius 2 is 1.75 bits per heavy atom. The van der Waals surface area contributed by atoms with Crippen LogP contribution in [0, 0.1) is 34.5 Å². The van der Waals surface area contributed by atoms with Crippen LogP contribution in [0.15, 0.2) is 0 Å². The summed E-state index contributed by atoms with van der Waals surface area (Å²) in [5, 5.41) is 11.2. The van der Waals surface area contributed by atoms with Gasteiger partial charge in [-0.05, 0) is 67.6 Å². The second-order valence-electron chi connectivity index (χ2n) is 14.4. The maximum absolute atomic E-state index is 12.4. The highest BCUT2D eigenvalue weighted by Crippen LogP contribution is 2.67. The lowest BCUT2D eigenvalue weighted by molar-refractivity contribution is -0.924. The van der Waals surface area contributed by atoms with Crippen LogP contribution in [0.1, 0.15) is 78.6 Å². The first-order valence-corrected chi connectivity index (χ1v) is 15.2. The molecule has 4 aliphatic carbocycles. The van der Waals surface area contributed by atoms with Gasteiger partial charge in [0, 0.05) is 50.7 Å². The van der Waals surface area contributed by atoms with Crippen molar-refractivity contribution in [1.29, 1.82) is 0 Å². The first-order chi connectivity index (χ1) is 17.2. The van der Waals surface area contributed by atoms with Gasteiger partial charge in [-0.25, -0.2) is 0 Å². The minimum Gasteiger partial charge on any atom is -0.456 e. The Hall–Kier alpha value is -0.690. The molecule has 0 aromatic rings. The molecule has 6 rings (SSSR count). The van der Waals surface area contributed by atoms with Crippen LogP contribution in [0.5, 0.6) is 0 Å². The molecule has 204 valence electrons. The number of likely N-dealkylation sites (N-methyl/N-ethyl adjacent to an activating group) is 1. The van der Waals surface area contributed by atoms with Crippen LogP contribution in [-0.4, -0.2) is 91.2 Å². The van der Waals surface area contributed by atoms with E-state index in [0.717, 1.165) is 55.5 Å². The molecule has 0 amide bonds. The lowest BCUT2D eigenvalue weighted by Crippen LogP contribution is -2.61. The molecule has 0 radical (unpaired) electrons. The molecule has 0 bridgehead atoms. The Balaban J connectivity index is 1.29. The van der Waals surface area contributed by atoms with Gasteiger partial charge in [-0.2, -0.15) is 0 Å². The van der Waals surface area contributed by atoms with Crippen molar-refractivity contribution in [3.63, 3.8) is 0 Å². The maximum atomic E-state index is 12.4. The molecule has 1 N–H and O–H groups in total. The highest BCUT2D eigenvalue weighted by atomic mass is 16.5. The smallest absolute Gasteiger partial charge is 0.303 e. The number of carbonyl (C=O) groups is 1. The molecule has 36 heavy (non-hydrogen) atoms. The fraction of sp³-hybridized carbons (Fsp3) is 0.967. The zero-order valence-corrected chi connectivity index (χ0v) is 23.3. The number of esters is 1. The third kappa shape index (κ3) is 3.91. The Bertz CT molecular complexity index is 839. The summed E-state index contributed by atoms with van der Waals surface area (Å²) in [6.07, 6.45) is 10.8. The van der Waals surface area contributed by atoms with Gasteiger partial charge in [0.25, 0.3) is 0 Å². The van der Waals surface area contributed by atoms with E-state index in [2.05, 4.69) is 25.8 Å². The van der Waals surface area contributed by atoms with Gasteiger partial charge in [0.05, 0.1) is 39.5 Å². The van der Waals surface area contributed by atoms with E-state index >= 15 is 0 Å². The number of hydrogen-bond donors (Lipinski definition) is 1. The molecule has 2 aliphatic heterocycles. The van der Waals surface area contributed by atoms with Gasteiger partial charge in [-0.15, -0.1) is 0 Å². The Morgan fingerprint density at radius 1 is 1.03 bits per heavy atom. The van der Waals surface area contributed by atoms with E-state index in [4.69, 9.17) is 9.47 Å². The number of nitrogens with zero attached hydrogens (tertiary/aromatic N) is 2. The van der Waals surface area contributed by atoms with Crippen LogP contribution in [0.3, 0.4) is 0 Å². The third-order valence-corrected chi connectivity index (χ3v) is 12.8. The van der Waals surface area contributed by atoms with Gasteiger partial charge in [0.2, 0.25) is 0 Å². The molecular formula is C30H51N2O4+. The fourth-order valence-electron chi connectivity index (χ4n) is 10.9. The van der Waals surface area contributed by atoms with Crippen molar-refractivity contribution in [2.24, 2.45) is 34.5 Å². The lowest BCUT2D eigenvalue weighted by Gasteiger charge is -2.62. The number of ether oxygens (including phenoxy) is 2. The van der Waals surface area contributed by atoms with Gasteiger partial charge >= 0.3 is 5.97 Å². The zero-order valence-electron chi connectivity index (χ0n) is 23.3. The highest BCUT2D eigenvalue weighted by molar-refractivity contribution is 5.66. The number of hydrogen-bond acceptors (Lipinski definition) is 5. The van der Waals surface area contributed by atoms with Crippen molar-refractivity contribution in [2.75, 3.05) is 46.4 Å². The zero-order chi connectivity index (χ0) is 25.3. The second-order valence-corrected chi connectivity index (χ2v) is 14.4. The Kier molecular flexibility index (Phi) is 6.54. The molecular weight excluding hydrogens is 452 g/mol. The van der Waals surface area contributed by atoms with E-state index < -0.39 is 0 Å². The minimum absolute atomic E-state index is 0.0591. The van der Waals surface area contributed by atoms with Crippen LogP contribution in [0.25, 0.3) is 0 Å². The summed E-state index contributed by atoms with van der Waals surface area (Å²) in [4.78, 5) is 14.9. The summed E-state index contributed by atoms with van der Waals surface area (Å²) >= 11 is 0. The van der Waals surface area contributed by atoms with Crippen LogP contribution in [-0.2, 0) is 14.3 Å². The third-order valence-electron chi connectivity index (χ3n) is 12.8. The molecule has 0 spiro atoms. The molecule has 6 fully saturated rings. The van der Waals surface area contributed by atoms with Crippen LogP contribution >= 0.6 is 0 Å². The molecule has 4 saturated carbocycles. The molecule has 0 aromatic heterocycles. The molecule has 2 saturated heterocycles. The van der Waals surface area contributed by atoms with Crippen molar-refractivity contribution in [3.8, 4) is 0 Å². The van der Waals surface area contributed by atoms with Crippen LogP contribution < -0.4 is 0 Å². The first-order valence-electron chi connectivity index (χ1n) is 15.2. The van der Waals surface area contributed by atoms with E-state index in [9.17, 15) is 9.90 Å². The van der Waals surface area contributed by atoms with Gasteiger partial charge in [-0.1, -0.05) is 13.8 Å². The molecule has 6 aliphatic rings. The number of aliphatic hydroxyl groups is 1. The number of likely N-dealkylation sites (tertiary alicyclic amines) is 1. The van der Waals surface area contributed by atoms with Crippen molar-refractivity contribution >= 4 is 5.97 Å². The molecule has 0 unspecified atom stereocenters. The monoisotopic (exact) mass is 503 g/mol. The van der Waals surface area contributed by atoms with E-state index in [-0.39, 0.29) is 29.6 Å². The molecule has 0 aromatic carbocycles. The molecule has 6 nitrogen and oxygen atoms in total. The minimum atomic E-state index is -0.199. The largest absolute Gasteiger partial charge is 0.456 e. The summed E-state index contributed by atoms with van der Waals surface area (Å²) in [6.45, 7) is 12.7. The summed E-state index contributed by atoms with van der Waals surface area (Å²) in [5.41, 5.74) is 0.399. The molecule has 6 heteroatoms. The van der Waals surface area contributed by atoms with Crippen molar-refractivity contribution in [2.45, 2.75) is 103 Å². The highest BCUT2D eigenvalue weighted by Gasteiger charge is 2.67. The van der Waals surface area contributed by atoms with Gasteiger partial charge < -0.3 is 19.1 Å². The van der Waals surface area contributed by atoms with E-state index in [1.165, 1.54) is 58.0 Å². The van der Waals surface area contributed by atoms with Crippen LogP contribution in [0.2, 0.25) is 0 Å². The van der Waals surface area contributed by atoms with Crippen molar-refractivity contribution in [3.05, 3.63) is 0 Å². The van der Waals surface area contributed by atoms with Gasteiger partial charge in [0.15, 0.2) is 6.10 Å². The number of quaternary nitrogens is 1. The molecule has 2 heterocycles. The Morgan fingerprint density at radius 3 is 2.44 bits per heavy atom. The predicted octanol–water partition coefficient (Wildman–Crippen LogP) is 3.85. The number of rotatable bonds is 3. The number of morpholine rings is 1. The number of fused-ring (bicyclic) bond motifs is 5. The average molecular weight is 504 g/mol. The lowest BCUT2D eigenvalue weighted by atomic mass is 9.44. The van der Waals surface area contributed by atoms with Crippen molar-refractivity contribution in [1.82, 2.24) is 4.90 Å². The predicted molar refractivity (Wildman–Crippen MR) is 139 cm³/mol. The summed E-state index contributed by atoms with van der Waals surface area (Å²) in [5.74, 6) is 2.64. The average Bonchev–Trinajstić information content (AvgIpc) is 3.42. The standard InChI is InChI=1S/C30H51N2O4/c1-20(33)36-28-26(32(4)13-5-6-14-32)18-24-22-8-7-21-17-27(34)25(31-11-15-35-16-12-31)19-30(21,3)23(22)9-10-29(24,28)2/h21-28,34H,5-19H2,1-4H3/q+1/t21-,22+,23-,24-,25-,26-,27-,28-,29-,30-/m0/s1. The summed E-state index contributed by atoms with van der Waals surface area (Å²) in [6, 6.07) is 0.728. The quantitative estimate of drug-likeness (QED) is 0.468. The molecule has 10 atom stereocenters. The van der Waals surface area contributed by atoms with Gasteiger partial charge in [-0.3, -0.25) is 9.69 Å². The first kappa shape index (κ1) is 25.6. The van der Waals surface area contributed by atoms with Gasteiger partial charge in [0.1, 0.15) is 6.04 Å². The van der Waals surface area contributed by atoms with Crippen molar-refractivity contribution < 1.29 is 23.9 Å². The van der Waals surface area contributed by atoms with E-state index in [1.54, 1.807) is 6.92 Å².